The number of nitrogens with zero attached hydrogens (tertiary/aromatic N) is 1. The van der Waals surface area contributed by atoms with Crippen LogP contribution < -0.4 is 5.32 Å². The second-order valence-corrected chi connectivity index (χ2v) is 5.64. The minimum Gasteiger partial charge on any atom is -0.309 e. The van der Waals surface area contributed by atoms with Gasteiger partial charge >= 0.3 is 0 Å². The highest BCUT2D eigenvalue weighted by Gasteiger charge is 2.30. The van der Waals surface area contributed by atoms with E-state index in [-0.39, 0.29) is 0 Å². The quantitative estimate of drug-likeness (QED) is 0.849. The van der Waals surface area contributed by atoms with Gasteiger partial charge in [-0.05, 0) is 39.2 Å². The number of aryl methyl sites for hydroxylation is 2. The molecular formula is C12H20N2S. The molecule has 1 N–H and O–H groups in total. The van der Waals surface area contributed by atoms with E-state index in [0.717, 1.165) is 12.5 Å². The van der Waals surface area contributed by atoms with Crippen molar-refractivity contribution in [2.75, 3.05) is 6.54 Å². The molecule has 0 aliphatic heterocycles. The van der Waals surface area contributed by atoms with E-state index in [2.05, 4.69) is 31.1 Å². The molecule has 0 aromatic carbocycles. The van der Waals surface area contributed by atoms with E-state index < -0.39 is 0 Å². The zero-order chi connectivity index (χ0) is 10.8. The Morgan fingerprint density at radius 2 is 2.20 bits per heavy atom. The van der Waals surface area contributed by atoms with Gasteiger partial charge in [-0.25, -0.2) is 4.98 Å². The van der Waals surface area contributed by atoms with Crippen LogP contribution >= 0.6 is 11.3 Å². The standard InChI is InChI=1S/C12H20N2S/c1-4-13-11(10-6-5-7-10)12-8(2)14-9(3)15-12/h10-11,13H,4-7H2,1-3H3. The number of rotatable bonds is 4. The van der Waals surface area contributed by atoms with Gasteiger partial charge in [0, 0.05) is 10.9 Å². The molecule has 15 heavy (non-hydrogen) atoms. The average molecular weight is 224 g/mol. The monoisotopic (exact) mass is 224 g/mol. The Morgan fingerprint density at radius 3 is 2.60 bits per heavy atom. The van der Waals surface area contributed by atoms with Gasteiger partial charge < -0.3 is 5.32 Å². The van der Waals surface area contributed by atoms with Gasteiger partial charge in [0.05, 0.1) is 10.7 Å². The molecule has 0 bridgehead atoms. The maximum absolute atomic E-state index is 4.53. The summed E-state index contributed by atoms with van der Waals surface area (Å²) in [6.45, 7) is 7.49. The third-order valence-electron chi connectivity index (χ3n) is 3.27. The molecule has 1 heterocycles. The Bertz CT molecular complexity index is 328. The summed E-state index contributed by atoms with van der Waals surface area (Å²) in [5.41, 5.74) is 1.23. The third kappa shape index (κ3) is 2.23. The summed E-state index contributed by atoms with van der Waals surface area (Å²) in [7, 11) is 0. The summed E-state index contributed by atoms with van der Waals surface area (Å²) in [5, 5.41) is 4.82. The van der Waals surface area contributed by atoms with Crippen molar-refractivity contribution in [1.82, 2.24) is 10.3 Å². The van der Waals surface area contributed by atoms with Gasteiger partial charge in [0.25, 0.3) is 0 Å². The van der Waals surface area contributed by atoms with Crippen LogP contribution in [-0.4, -0.2) is 11.5 Å². The highest BCUT2D eigenvalue weighted by atomic mass is 32.1. The molecule has 0 amide bonds. The van der Waals surface area contributed by atoms with Crippen LogP contribution in [0.2, 0.25) is 0 Å². The van der Waals surface area contributed by atoms with Gasteiger partial charge in [0.1, 0.15) is 0 Å². The predicted octanol–water partition coefficient (Wildman–Crippen LogP) is 3.21. The first-order valence-corrected chi connectivity index (χ1v) is 6.71. The summed E-state index contributed by atoms with van der Waals surface area (Å²) in [5.74, 6) is 0.850. The number of hydrogen-bond acceptors (Lipinski definition) is 3. The van der Waals surface area contributed by atoms with E-state index in [1.807, 2.05) is 11.3 Å². The van der Waals surface area contributed by atoms with Crippen LogP contribution in [0.15, 0.2) is 0 Å². The van der Waals surface area contributed by atoms with E-state index in [9.17, 15) is 0 Å². The second kappa shape index (κ2) is 4.62. The van der Waals surface area contributed by atoms with Crippen molar-refractivity contribution >= 4 is 11.3 Å². The third-order valence-corrected chi connectivity index (χ3v) is 4.42. The molecule has 1 aromatic rings. The molecule has 1 unspecified atom stereocenters. The Labute approximate surface area is 96.1 Å². The van der Waals surface area contributed by atoms with Crippen molar-refractivity contribution in [3.05, 3.63) is 15.6 Å². The van der Waals surface area contributed by atoms with Crippen LogP contribution in [0, 0.1) is 19.8 Å². The minimum absolute atomic E-state index is 0.565. The number of hydrogen-bond donors (Lipinski definition) is 1. The van der Waals surface area contributed by atoms with Gasteiger partial charge in [-0.3, -0.25) is 0 Å². The van der Waals surface area contributed by atoms with Crippen molar-refractivity contribution < 1.29 is 0 Å². The van der Waals surface area contributed by atoms with E-state index in [0.29, 0.717) is 6.04 Å². The molecule has 1 fully saturated rings. The molecule has 1 aliphatic carbocycles. The Morgan fingerprint density at radius 1 is 1.47 bits per heavy atom. The highest BCUT2D eigenvalue weighted by molar-refractivity contribution is 7.11. The van der Waals surface area contributed by atoms with Crippen molar-refractivity contribution in [2.24, 2.45) is 5.92 Å². The zero-order valence-corrected chi connectivity index (χ0v) is 10.7. The zero-order valence-electron chi connectivity index (χ0n) is 9.84. The highest BCUT2D eigenvalue weighted by Crippen LogP contribution is 2.40. The lowest BCUT2D eigenvalue weighted by atomic mass is 9.79. The van der Waals surface area contributed by atoms with Crippen LogP contribution in [0.1, 0.15) is 47.8 Å². The molecule has 0 saturated heterocycles. The predicted molar refractivity (Wildman–Crippen MR) is 65.3 cm³/mol. The lowest BCUT2D eigenvalue weighted by Crippen LogP contribution is -2.31. The average Bonchev–Trinajstić information content (AvgIpc) is 2.41. The summed E-state index contributed by atoms with van der Waals surface area (Å²) >= 11 is 1.87. The van der Waals surface area contributed by atoms with Crippen molar-refractivity contribution in [2.45, 2.75) is 46.1 Å². The fourth-order valence-corrected chi connectivity index (χ4v) is 3.40. The van der Waals surface area contributed by atoms with Crippen molar-refractivity contribution in [3.8, 4) is 0 Å². The first-order chi connectivity index (χ1) is 7.22. The Hall–Kier alpha value is -0.410. The molecule has 1 aliphatic rings. The molecule has 3 heteroatoms. The fourth-order valence-electron chi connectivity index (χ4n) is 2.30. The molecule has 2 nitrogen and oxygen atoms in total. The first-order valence-electron chi connectivity index (χ1n) is 5.89. The largest absolute Gasteiger partial charge is 0.309 e. The summed E-state index contributed by atoms with van der Waals surface area (Å²) in [4.78, 5) is 6.00. The maximum atomic E-state index is 4.53. The SMILES string of the molecule is CCNC(c1sc(C)nc1C)C1CCC1. The topological polar surface area (TPSA) is 24.9 Å². The molecule has 0 radical (unpaired) electrons. The van der Waals surface area contributed by atoms with Crippen LogP contribution in [0.4, 0.5) is 0 Å². The number of aromatic nitrogens is 1. The maximum Gasteiger partial charge on any atom is 0.0900 e. The molecule has 84 valence electrons. The Balaban J connectivity index is 2.19. The van der Waals surface area contributed by atoms with Gasteiger partial charge in [-0.2, -0.15) is 0 Å². The summed E-state index contributed by atoms with van der Waals surface area (Å²) in [6.07, 6.45) is 4.17. The van der Waals surface area contributed by atoms with Gasteiger partial charge in [0.15, 0.2) is 0 Å². The van der Waals surface area contributed by atoms with Gasteiger partial charge in [-0.15, -0.1) is 11.3 Å². The van der Waals surface area contributed by atoms with Gasteiger partial charge in [0.2, 0.25) is 0 Å². The summed E-state index contributed by atoms with van der Waals surface area (Å²) < 4.78 is 0. The van der Waals surface area contributed by atoms with Crippen molar-refractivity contribution in [1.29, 1.82) is 0 Å². The van der Waals surface area contributed by atoms with Crippen LogP contribution in [0.25, 0.3) is 0 Å². The smallest absolute Gasteiger partial charge is 0.0900 e. The molecule has 2 rings (SSSR count). The molecule has 1 saturated carbocycles. The minimum atomic E-state index is 0.565. The van der Waals surface area contributed by atoms with E-state index >= 15 is 0 Å². The van der Waals surface area contributed by atoms with Crippen LogP contribution in [-0.2, 0) is 0 Å². The molecule has 1 atom stereocenters. The fraction of sp³-hybridized carbons (Fsp3) is 0.750. The number of nitrogens with one attached hydrogen (secondary N) is 1. The normalized spacial score (nSPS) is 18.9. The molecule has 0 spiro atoms. The molecule has 1 aromatic heterocycles. The van der Waals surface area contributed by atoms with E-state index in [1.165, 1.54) is 34.8 Å². The number of thiazole rings is 1. The summed E-state index contributed by atoms with van der Waals surface area (Å²) in [6, 6.07) is 0.565. The van der Waals surface area contributed by atoms with E-state index in [1.54, 1.807) is 0 Å². The lowest BCUT2D eigenvalue weighted by molar-refractivity contribution is 0.235. The Kier molecular flexibility index (Phi) is 3.42. The second-order valence-electron chi connectivity index (χ2n) is 4.41. The van der Waals surface area contributed by atoms with Crippen LogP contribution in [0.5, 0.6) is 0 Å². The van der Waals surface area contributed by atoms with Crippen molar-refractivity contribution in [3.63, 3.8) is 0 Å². The van der Waals surface area contributed by atoms with Crippen LogP contribution in [0.3, 0.4) is 0 Å². The van der Waals surface area contributed by atoms with Gasteiger partial charge in [-0.1, -0.05) is 13.3 Å². The molecular weight excluding hydrogens is 204 g/mol. The first kappa shape index (κ1) is 11.1. The lowest BCUT2D eigenvalue weighted by Gasteiger charge is -2.34. The van der Waals surface area contributed by atoms with E-state index in [4.69, 9.17) is 0 Å².